The third-order valence-corrected chi connectivity index (χ3v) is 5.28. The first kappa shape index (κ1) is 18.4. The van der Waals surface area contributed by atoms with Crippen molar-refractivity contribution in [2.75, 3.05) is 24.5 Å². The van der Waals surface area contributed by atoms with Gasteiger partial charge in [-0.25, -0.2) is 9.07 Å². The van der Waals surface area contributed by atoms with Gasteiger partial charge in [-0.1, -0.05) is 12.8 Å². The van der Waals surface area contributed by atoms with Crippen LogP contribution in [0.5, 0.6) is 0 Å². The summed E-state index contributed by atoms with van der Waals surface area (Å²) >= 11 is 0. The number of hydrogen-bond donors (Lipinski definition) is 0. The molecule has 2 aliphatic rings. The molecule has 1 aromatic heterocycles. The van der Waals surface area contributed by atoms with Crippen LogP contribution >= 0.6 is 0 Å². The smallest absolute Gasteiger partial charge is 0.333 e. The van der Waals surface area contributed by atoms with Gasteiger partial charge in [0.25, 0.3) is 0 Å². The van der Waals surface area contributed by atoms with Crippen LogP contribution in [0.15, 0.2) is 33.9 Å². The summed E-state index contributed by atoms with van der Waals surface area (Å²) in [6, 6.07) is 5.84. The number of likely N-dealkylation sites (tertiary alicyclic amines) is 1. The Hall–Kier alpha value is -2.97. The fourth-order valence-electron chi connectivity index (χ4n) is 3.75. The Morgan fingerprint density at radius 2 is 1.61 bits per heavy atom. The van der Waals surface area contributed by atoms with Crippen molar-refractivity contribution >= 4 is 17.5 Å². The lowest BCUT2D eigenvalue weighted by Gasteiger charge is -2.21. The first-order chi connectivity index (χ1) is 13.5. The van der Waals surface area contributed by atoms with E-state index in [9.17, 15) is 18.8 Å². The highest BCUT2D eigenvalue weighted by Crippen LogP contribution is 2.26. The number of amides is 1. The van der Waals surface area contributed by atoms with Crippen molar-refractivity contribution in [2.45, 2.75) is 38.8 Å². The second kappa shape index (κ2) is 7.57. The maximum atomic E-state index is 13.2. The summed E-state index contributed by atoms with van der Waals surface area (Å²) < 4.78 is 15.5. The average molecular weight is 387 g/mol. The molecule has 28 heavy (non-hydrogen) atoms. The minimum absolute atomic E-state index is 0.202. The van der Waals surface area contributed by atoms with Gasteiger partial charge < -0.3 is 9.80 Å². The van der Waals surface area contributed by atoms with E-state index in [0.717, 1.165) is 30.4 Å². The largest absolute Gasteiger partial charge is 0.341 e. The van der Waals surface area contributed by atoms with Gasteiger partial charge in [0.2, 0.25) is 11.9 Å². The Kier molecular flexibility index (Phi) is 4.97. The van der Waals surface area contributed by atoms with Crippen molar-refractivity contribution in [3.8, 4) is 0 Å². The lowest BCUT2D eigenvalue weighted by molar-refractivity contribution is -0.132. The maximum absolute atomic E-state index is 13.2. The van der Waals surface area contributed by atoms with E-state index in [1.165, 1.54) is 16.7 Å². The molecule has 3 heterocycles. The standard InChI is InChI=1S/C19H22FN5O3/c20-14-5-7-15(8-6-14)23-11-12-24-17(27)18(28)25(21-19(23)24)13-16(26)22-9-3-1-2-4-10-22/h5-8H,1-4,9-13H2. The van der Waals surface area contributed by atoms with E-state index in [2.05, 4.69) is 5.10 Å². The number of nitrogens with zero attached hydrogens (tertiary/aromatic N) is 5. The Morgan fingerprint density at radius 1 is 0.929 bits per heavy atom. The van der Waals surface area contributed by atoms with Crippen molar-refractivity contribution in [3.63, 3.8) is 0 Å². The SMILES string of the molecule is O=C(Cn1nc2n(c(=O)c1=O)CCN2c1ccc(F)cc1)N1CCCCCC1. The molecule has 4 rings (SSSR count). The molecular formula is C19H22FN5O3. The molecule has 0 aliphatic carbocycles. The summed E-state index contributed by atoms with van der Waals surface area (Å²) in [6.45, 7) is 1.84. The summed E-state index contributed by atoms with van der Waals surface area (Å²) in [4.78, 5) is 41.1. The monoisotopic (exact) mass is 387 g/mol. The van der Waals surface area contributed by atoms with Crippen LogP contribution in [-0.4, -0.2) is 44.8 Å². The van der Waals surface area contributed by atoms with Crippen molar-refractivity contribution < 1.29 is 9.18 Å². The van der Waals surface area contributed by atoms with Crippen LogP contribution in [0.4, 0.5) is 16.0 Å². The number of carbonyl (C=O) groups is 1. The predicted octanol–water partition coefficient (Wildman–Crippen LogP) is 1.10. The van der Waals surface area contributed by atoms with Crippen molar-refractivity contribution in [3.05, 3.63) is 50.8 Å². The lowest BCUT2D eigenvalue weighted by atomic mass is 10.2. The molecular weight excluding hydrogens is 365 g/mol. The summed E-state index contributed by atoms with van der Waals surface area (Å²) in [6.07, 6.45) is 4.07. The normalized spacial score (nSPS) is 16.8. The van der Waals surface area contributed by atoms with Crippen LogP contribution in [0, 0.1) is 5.82 Å². The van der Waals surface area contributed by atoms with E-state index >= 15 is 0 Å². The molecule has 2 aliphatic heterocycles. The summed E-state index contributed by atoms with van der Waals surface area (Å²) in [5.74, 6) is -0.270. The average Bonchev–Trinajstić information content (AvgIpc) is 2.92. The molecule has 1 saturated heterocycles. The van der Waals surface area contributed by atoms with Crippen LogP contribution in [0.1, 0.15) is 25.7 Å². The Bertz CT molecular complexity index is 990. The fraction of sp³-hybridized carbons (Fsp3) is 0.474. The molecule has 0 atom stereocenters. The molecule has 0 N–H and O–H groups in total. The molecule has 0 saturated carbocycles. The molecule has 0 unspecified atom stereocenters. The number of benzene rings is 1. The fourth-order valence-corrected chi connectivity index (χ4v) is 3.75. The van der Waals surface area contributed by atoms with Crippen LogP contribution in [-0.2, 0) is 17.9 Å². The molecule has 1 fully saturated rings. The quantitative estimate of drug-likeness (QED) is 0.737. The highest BCUT2D eigenvalue weighted by atomic mass is 19.1. The van der Waals surface area contributed by atoms with Gasteiger partial charge in [-0.05, 0) is 37.1 Å². The highest BCUT2D eigenvalue weighted by molar-refractivity contribution is 5.76. The van der Waals surface area contributed by atoms with E-state index < -0.39 is 11.1 Å². The van der Waals surface area contributed by atoms with Crippen LogP contribution < -0.4 is 16.0 Å². The Morgan fingerprint density at radius 3 is 2.29 bits per heavy atom. The zero-order chi connectivity index (χ0) is 19.7. The molecule has 8 nitrogen and oxygen atoms in total. The molecule has 1 aromatic carbocycles. The maximum Gasteiger partial charge on any atom is 0.333 e. The number of rotatable bonds is 3. The van der Waals surface area contributed by atoms with Gasteiger partial charge in [-0.2, -0.15) is 0 Å². The summed E-state index contributed by atoms with van der Waals surface area (Å²) in [7, 11) is 0. The molecule has 0 bridgehead atoms. The van der Waals surface area contributed by atoms with Crippen LogP contribution in [0.3, 0.4) is 0 Å². The van der Waals surface area contributed by atoms with Gasteiger partial charge in [0.1, 0.15) is 12.4 Å². The topological polar surface area (TPSA) is 80.4 Å². The number of halogens is 1. The van der Waals surface area contributed by atoms with Crippen molar-refractivity contribution in [2.24, 2.45) is 0 Å². The first-order valence-corrected chi connectivity index (χ1v) is 9.57. The van der Waals surface area contributed by atoms with Gasteiger partial charge >= 0.3 is 11.1 Å². The number of anilines is 2. The third kappa shape index (κ3) is 3.44. The van der Waals surface area contributed by atoms with E-state index in [0.29, 0.717) is 37.8 Å². The summed E-state index contributed by atoms with van der Waals surface area (Å²) in [5, 5.41) is 4.30. The molecule has 2 aromatic rings. The predicted molar refractivity (Wildman–Crippen MR) is 101 cm³/mol. The lowest BCUT2D eigenvalue weighted by Crippen LogP contribution is -2.45. The van der Waals surface area contributed by atoms with Crippen LogP contribution in [0.2, 0.25) is 0 Å². The van der Waals surface area contributed by atoms with Gasteiger partial charge in [0, 0.05) is 31.9 Å². The summed E-state index contributed by atoms with van der Waals surface area (Å²) in [5.41, 5.74) is -0.824. The molecule has 1 amide bonds. The second-order valence-corrected chi connectivity index (χ2v) is 7.14. The molecule has 0 spiro atoms. The number of carbonyl (C=O) groups excluding carboxylic acids is 1. The van der Waals surface area contributed by atoms with E-state index in [-0.39, 0.29) is 18.3 Å². The highest BCUT2D eigenvalue weighted by Gasteiger charge is 2.27. The Labute approximate surface area is 160 Å². The molecule has 0 radical (unpaired) electrons. The van der Waals surface area contributed by atoms with E-state index in [1.807, 2.05) is 0 Å². The van der Waals surface area contributed by atoms with E-state index in [1.54, 1.807) is 21.9 Å². The second-order valence-electron chi connectivity index (χ2n) is 7.14. The van der Waals surface area contributed by atoms with Crippen molar-refractivity contribution in [1.82, 2.24) is 19.2 Å². The van der Waals surface area contributed by atoms with E-state index in [4.69, 9.17) is 0 Å². The molecule has 9 heteroatoms. The number of hydrogen-bond acceptors (Lipinski definition) is 5. The zero-order valence-electron chi connectivity index (χ0n) is 15.5. The first-order valence-electron chi connectivity index (χ1n) is 9.57. The van der Waals surface area contributed by atoms with Crippen LogP contribution in [0.25, 0.3) is 0 Å². The zero-order valence-corrected chi connectivity index (χ0v) is 15.5. The van der Waals surface area contributed by atoms with Crippen molar-refractivity contribution in [1.29, 1.82) is 0 Å². The van der Waals surface area contributed by atoms with Gasteiger partial charge in [0.15, 0.2) is 0 Å². The van der Waals surface area contributed by atoms with Gasteiger partial charge in [0.05, 0.1) is 0 Å². The molecule has 148 valence electrons. The Balaban J connectivity index is 1.64. The third-order valence-electron chi connectivity index (χ3n) is 5.28. The van der Waals surface area contributed by atoms with Gasteiger partial charge in [-0.3, -0.25) is 19.0 Å². The minimum Gasteiger partial charge on any atom is -0.341 e. The minimum atomic E-state index is -0.798. The number of aromatic nitrogens is 3. The van der Waals surface area contributed by atoms with Gasteiger partial charge in [-0.15, -0.1) is 5.10 Å². The number of fused-ring (bicyclic) bond motifs is 1.